The van der Waals surface area contributed by atoms with Crippen LogP contribution in [0.4, 0.5) is 0 Å². The van der Waals surface area contributed by atoms with Crippen molar-refractivity contribution in [2.45, 2.75) is 13.3 Å². The molecule has 1 atom stereocenters. The third-order valence-corrected chi connectivity index (χ3v) is 3.66. The Morgan fingerprint density at radius 2 is 2.30 bits per heavy atom. The first-order chi connectivity index (χ1) is 11.2. The van der Waals surface area contributed by atoms with E-state index in [0.717, 1.165) is 17.7 Å². The molecule has 1 N–H and O–H groups in total. The van der Waals surface area contributed by atoms with Crippen molar-refractivity contribution in [2.75, 3.05) is 0 Å². The Labute approximate surface area is 133 Å². The molecule has 2 aliphatic rings. The van der Waals surface area contributed by atoms with Gasteiger partial charge in [0.2, 0.25) is 5.91 Å². The summed E-state index contributed by atoms with van der Waals surface area (Å²) in [6.45, 7) is 2.02. The number of carbonyl (C=O) groups excluding carboxylic acids is 2. The van der Waals surface area contributed by atoms with Crippen molar-refractivity contribution in [1.29, 1.82) is 0 Å². The van der Waals surface area contributed by atoms with E-state index >= 15 is 0 Å². The van der Waals surface area contributed by atoms with Crippen LogP contribution in [0, 0.1) is 5.92 Å². The molecule has 1 aromatic heterocycles. The number of carbonyl (C=O) groups is 2. The zero-order chi connectivity index (χ0) is 16.2. The zero-order valence-electron chi connectivity index (χ0n) is 12.7. The summed E-state index contributed by atoms with van der Waals surface area (Å²) in [7, 11) is 0. The number of rotatable bonds is 3. The van der Waals surface area contributed by atoms with Gasteiger partial charge in [0.15, 0.2) is 0 Å². The van der Waals surface area contributed by atoms with Crippen LogP contribution in [0.2, 0.25) is 0 Å². The van der Waals surface area contributed by atoms with Crippen molar-refractivity contribution in [3.05, 3.63) is 65.8 Å². The molecule has 1 aliphatic carbocycles. The van der Waals surface area contributed by atoms with E-state index in [4.69, 9.17) is 4.42 Å². The van der Waals surface area contributed by atoms with Crippen LogP contribution in [-0.2, 0) is 9.59 Å². The molecule has 5 heteroatoms. The van der Waals surface area contributed by atoms with Crippen molar-refractivity contribution >= 4 is 23.6 Å². The van der Waals surface area contributed by atoms with Crippen LogP contribution in [-0.4, -0.2) is 17.5 Å². The lowest BCUT2D eigenvalue weighted by Gasteiger charge is -2.26. The molecule has 0 fully saturated rings. The first-order valence-electron chi connectivity index (χ1n) is 7.41. The number of amides is 2. The summed E-state index contributed by atoms with van der Waals surface area (Å²) in [4.78, 5) is 27.6. The highest BCUT2D eigenvalue weighted by Crippen LogP contribution is 2.28. The highest BCUT2D eigenvalue weighted by Gasteiger charge is 2.25. The molecule has 1 unspecified atom stereocenters. The molecule has 1 aromatic rings. The molecule has 0 bridgehead atoms. The summed E-state index contributed by atoms with van der Waals surface area (Å²) in [5.74, 6) is 0.131. The average molecular weight is 308 g/mol. The highest BCUT2D eigenvalue weighted by molar-refractivity contribution is 6.13. The molecule has 116 valence electrons. The van der Waals surface area contributed by atoms with Crippen molar-refractivity contribution in [1.82, 2.24) is 5.32 Å². The van der Waals surface area contributed by atoms with Gasteiger partial charge in [-0.2, -0.15) is 0 Å². The largest absolute Gasteiger partial charge is 0.465 e. The molecule has 0 aromatic carbocycles. The second-order valence-electron chi connectivity index (χ2n) is 5.22. The molecule has 5 nitrogen and oxygen atoms in total. The molecular weight excluding hydrogens is 292 g/mol. The lowest BCUT2D eigenvalue weighted by molar-refractivity contribution is -0.116. The van der Waals surface area contributed by atoms with Gasteiger partial charge in [0, 0.05) is 23.8 Å². The third-order valence-electron chi connectivity index (χ3n) is 3.66. The molecule has 1 aliphatic heterocycles. The van der Waals surface area contributed by atoms with Gasteiger partial charge in [0.25, 0.3) is 5.91 Å². The third kappa shape index (κ3) is 3.45. The standard InChI is InChI=1S/C18H16N2O3/c1-2-12-10-18(22)20-16-11-13(5-7-15(12)16)19-17(21)8-6-14-4-3-9-23-14/h3-11,15H,2H2,1H3,(H,20,22)/b8-6+,19-13?. The fourth-order valence-electron chi connectivity index (χ4n) is 2.56. The van der Waals surface area contributed by atoms with Gasteiger partial charge in [-0.15, -0.1) is 0 Å². The van der Waals surface area contributed by atoms with Crippen LogP contribution in [0.3, 0.4) is 0 Å². The van der Waals surface area contributed by atoms with Crippen LogP contribution in [0.5, 0.6) is 0 Å². The van der Waals surface area contributed by atoms with E-state index in [9.17, 15) is 9.59 Å². The molecule has 0 saturated carbocycles. The van der Waals surface area contributed by atoms with Crippen molar-refractivity contribution in [3.63, 3.8) is 0 Å². The highest BCUT2D eigenvalue weighted by atomic mass is 16.3. The topological polar surface area (TPSA) is 71.7 Å². The number of fused-ring (bicyclic) bond motifs is 1. The normalized spacial score (nSPS) is 21.9. The number of nitrogens with zero attached hydrogens (tertiary/aromatic N) is 1. The molecular formula is C18H16N2O3. The Kier molecular flexibility index (Phi) is 4.19. The summed E-state index contributed by atoms with van der Waals surface area (Å²) in [6, 6.07) is 3.50. The van der Waals surface area contributed by atoms with Gasteiger partial charge in [0.05, 0.1) is 12.0 Å². The molecule has 2 amide bonds. The minimum absolute atomic E-state index is 0.0606. The monoisotopic (exact) mass is 308 g/mol. The summed E-state index contributed by atoms with van der Waals surface area (Å²) >= 11 is 0. The Morgan fingerprint density at radius 3 is 3.04 bits per heavy atom. The van der Waals surface area contributed by atoms with Crippen LogP contribution >= 0.6 is 0 Å². The van der Waals surface area contributed by atoms with E-state index in [1.54, 1.807) is 36.4 Å². The molecule has 0 saturated heterocycles. The number of nitrogens with one attached hydrogen (secondary N) is 1. The van der Waals surface area contributed by atoms with Crippen LogP contribution in [0.25, 0.3) is 6.08 Å². The van der Waals surface area contributed by atoms with E-state index in [1.165, 1.54) is 12.3 Å². The maximum Gasteiger partial charge on any atom is 0.270 e. The van der Waals surface area contributed by atoms with E-state index in [-0.39, 0.29) is 17.7 Å². The second-order valence-corrected chi connectivity index (χ2v) is 5.22. The van der Waals surface area contributed by atoms with Crippen molar-refractivity contribution in [3.8, 4) is 0 Å². The number of aliphatic imine (C=N–C) groups is 1. The number of furan rings is 1. The summed E-state index contributed by atoms with van der Waals surface area (Å²) in [6.07, 6.45) is 12.4. The van der Waals surface area contributed by atoms with Gasteiger partial charge in [-0.1, -0.05) is 18.6 Å². The predicted molar refractivity (Wildman–Crippen MR) is 87.4 cm³/mol. The first-order valence-corrected chi connectivity index (χ1v) is 7.41. The minimum atomic E-state index is -0.384. The van der Waals surface area contributed by atoms with Gasteiger partial charge in [-0.05, 0) is 36.8 Å². The maximum absolute atomic E-state index is 11.9. The second kappa shape index (κ2) is 6.44. The Hall–Kier alpha value is -2.95. The van der Waals surface area contributed by atoms with Gasteiger partial charge < -0.3 is 9.73 Å². The van der Waals surface area contributed by atoms with Gasteiger partial charge >= 0.3 is 0 Å². The van der Waals surface area contributed by atoms with Crippen LogP contribution in [0.1, 0.15) is 19.1 Å². The van der Waals surface area contributed by atoms with E-state index < -0.39 is 0 Å². The molecule has 0 spiro atoms. The van der Waals surface area contributed by atoms with Gasteiger partial charge in [-0.3, -0.25) is 9.59 Å². The number of hydrogen-bond acceptors (Lipinski definition) is 3. The molecule has 23 heavy (non-hydrogen) atoms. The Morgan fingerprint density at radius 1 is 1.43 bits per heavy atom. The molecule has 3 rings (SSSR count). The Bertz CT molecular complexity index is 777. The SMILES string of the molecule is CCC1=CC(=O)NC2=CC(=NC(=O)/C=C/c3ccco3)C=CC12. The summed E-state index contributed by atoms with van der Waals surface area (Å²) in [5.41, 5.74) is 2.33. The fraction of sp³-hybridized carbons (Fsp3) is 0.167. The van der Waals surface area contributed by atoms with Gasteiger partial charge in [-0.25, -0.2) is 4.99 Å². The van der Waals surface area contributed by atoms with Crippen molar-refractivity contribution in [2.24, 2.45) is 10.9 Å². The smallest absolute Gasteiger partial charge is 0.270 e. The number of hydrogen-bond donors (Lipinski definition) is 1. The van der Waals surface area contributed by atoms with Crippen LogP contribution in [0.15, 0.2) is 69.5 Å². The van der Waals surface area contributed by atoms with Gasteiger partial charge in [0.1, 0.15) is 5.76 Å². The lowest BCUT2D eigenvalue weighted by atomic mass is 9.86. The maximum atomic E-state index is 11.9. The zero-order valence-corrected chi connectivity index (χ0v) is 12.7. The molecule has 2 heterocycles. The molecule has 0 radical (unpaired) electrons. The quantitative estimate of drug-likeness (QED) is 0.873. The average Bonchev–Trinajstić information content (AvgIpc) is 3.05. The minimum Gasteiger partial charge on any atom is -0.465 e. The van der Waals surface area contributed by atoms with E-state index in [0.29, 0.717) is 11.5 Å². The van der Waals surface area contributed by atoms with Crippen molar-refractivity contribution < 1.29 is 14.0 Å². The summed E-state index contributed by atoms with van der Waals surface area (Å²) in [5, 5.41) is 2.81. The lowest BCUT2D eigenvalue weighted by Crippen LogP contribution is -2.33. The van der Waals surface area contributed by atoms with E-state index in [2.05, 4.69) is 10.3 Å². The van der Waals surface area contributed by atoms with Crippen LogP contribution < -0.4 is 5.32 Å². The first kappa shape index (κ1) is 15.0. The Balaban J connectivity index is 1.77. The summed E-state index contributed by atoms with van der Waals surface area (Å²) < 4.78 is 5.11. The number of allylic oxidation sites excluding steroid dienone is 3. The fourth-order valence-corrected chi connectivity index (χ4v) is 2.56. The predicted octanol–water partition coefficient (Wildman–Crippen LogP) is 2.80. The van der Waals surface area contributed by atoms with E-state index in [1.807, 2.05) is 13.0 Å².